The molecule has 3 N–H and O–H groups in total. The number of H-pyrrole nitrogens is 1. The van der Waals surface area contributed by atoms with Crippen LogP contribution in [0.4, 0.5) is 10.3 Å². The van der Waals surface area contributed by atoms with Crippen LogP contribution in [-0.2, 0) is 20.9 Å². The summed E-state index contributed by atoms with van der Waals surface area (Å²) >= 11 is 0. The number of nitrogens with one attached hydrogen (secondary N) is 1. The zero-order valence-corrected chi connectivity index (χ0v) is 11.0. The van der Waals surface area contributed by atoms with Crippen LogP contribution in [0.1, 0.15) is 25.6 Å². The highest BCUT2D eigenvalue weighted by Gasteiger charge is 2.08. The van der Waals surface area contributed by atoms with Gasteiger partial charge in [0.05, 0.1) is 11.9 Å². The third-order valence-electron chi connectivity index (χ3n) is 1.83. The molecule has 0 radical (unpaired) electrons. The molecule has 0 bridgehead atoms. The number of nitrogen functional groups attached to an aromatic ring is 1. The first-order chi connectivity index (χ1) is 8.45. The normalized spacial score (nSPS) is 10.6. The number of hydrogen-bond donors (Lipinski definition) is 2. The third-order valence-corrected chi connectivity index (χ3v) is 2.81. The van der Waals surface area contributed by atoms with Crippen molar-refractivity contribution in [3.05, 3.63) is 24.7 Å². The Labute approximate surface area is 106 Å². The number of nitrogens with two attached hydrogens (primary N) is 1. The fourth-order valence-corrected chi connectivity index (χ4v) is 1.68. The van der Waals surface area contributed by atoms with Gasteiger partial charge in [-0.2, -0.15) is 8.42 Å². The maximum Gasteiger partial charge on any atom is 0.297 e. The lowest BCUT2D eigenvalue weighted by Crippen LogP contribution is -2.04. The van der Waals surface area contributed by atoms with Gasteiger partial charge >= 0.3 is 0 Å². The molecule has 0 spiro atoms. The van der Waals surface area contributed by atoms with E-state index in [1.54, 1.807) is 12.3 Å². The Morgan fingerprint density at radius 1 is 1.67 bits per heavy atom. The van der Waals surface area contributed by atoms with E-state index in [0.717, 1.165) is 12.2 Å². The minimum atomic E-state index is -3.85. The molecule has 0 aliphatic rings. The van der Waals surface area contributed by atoms with Crippen LogP contribution in [0.5, 0.6) is 0 Å². The molecule has 0 aromatic carbocycles. The summed E-state index contributed by atoms with van der Waals surface area (Å²) in [5, 5.41) is 0. The van der Waals surface area contributed by atoms with Crippen LogP contribution in [0.15, 0.2) is 18.9 Å². The Morgan fingerprint density at radius 2 is 2.33 bits per heavy atom. The molecule has 1 heterocycles. The summed E-state index contributed by atoms with van der Waals surface area (Å²) in [4.78, 5) is 6.83. The Bertz CT molecular complexity index is 445. The summed E-state index contributed by atoms with van der Waals surface area (Å²) < 4.78 is 34.0. The Hall–Kier alpha value is -1.41. The molecule has 0 unspecified atom stereocenters. The van der Waals surface area contributed by atoms with E-state index in [1.807, 2.05) is 6.92 Å². The Kier molecular flexibility index (Phi) is 7.97. The third kappa shape index (κ3) is 7.80. The number of aromatic nitrogens is 2. The molecule has 0 aliphatic carbocycles. The number of anilines is 1. The number of hydrogen-bond acceptors (Lipinski definition) is 5. The summed E-state index contributed by atoms with van der Waals surface area (Å²) in [6.45, 7) is 5.38. The SMILES string of the molecule is C=CCc1ncc(N)[nH]1.CCCCS(=O)(=O)OF. The lowest BCUT2D eigenvalue weighted by atomic mass is 10.4. The van der Waals surface area contributed by atoms with Crippen LogP contribution in [0, 0.1) is 0 Å². The van der Waals surface area contributed by atoms with Crippen LogP contribution in [0.2, 0.25) is 0 Å². The molecule has 1 aromatic heterocycles. The van der Waals surface area contributed by atoms with E-state index >= 15 is 0 Å². The summed E-state index contributed by atoms with van der Waals surface area (Å²) in [5.41, 5.74) is 5.36. The second-order valence-electron chi connectivity index (χ2n) is 3.46. The lowest BCUT2D eigenvalue weighted by Gasteiger charge is -1.92. The summed E-state index contributed by atoms with van der Waals surface area (Å²) in [6.07, 6.45) is 5.27. The molecule has 0 aliphatic heterocycles. The number of unbranched alkanes of at least 4 members (excludes halogenated alkanes) is 1. The number of halogens is 1. The van der Waals surface area contributed by atoms with Crippen molar-refractivity contribution in [3.63, 3.8) is 0 Å². The van der Waals surface area contributed by atoms with E-state index in [1.165, 1.54) is 0 Å². The number of nitrogens with zero attached hydrogens (tertiary/aromatic N) is 1. The van der Waals surface area contributed by atoms with Gasteiger partial charge in [-0.25, -0.2) is 4.98 Å². The van der Waals surface area contributed by atoms with Gasteiger partial charge in [0, 0.05) is 6.42 Å². The van der Waals surface area contributed by atoms with Gasteiger partial charge in [0.1, 0.15) is 11.6 Å². The van der Waals surface area contributed by atoms with Gasteiger partial charge in [0.25, 0.3) is 10.1 Å². The van der Waals surface area contributed by atoms with Crippen LogP contribution < -0.4 is 5.73 Å². The van der Waals surface area contributed by atoms with Crippen LogP contribution in [0.3, 0.4) is 0 Å². The van der Waals surface area contributed by atoms with E-state index in [4.69, 9.17) is 5.73 Å². The van der Waals surface area contributed by atoms with Gasteiger partial charge in [-0.1, -0.05) is 23.8 Å². The quantitative estimate of drug-likeness (QED) is 0.773. The number of aromatic amines is 1. The fourth-order valence-electron chi connectivity index (χ4n) is 0.972. The largest absolute Gasteiger partial charge is 0.384 e. The first kappa shape index (κ1) is 16.6. The molecule has 0 saturated carbocycles. The summed E-state index contributed by atoms with van der Waals surface area (Å²) in [6, 6.07) is 0. The Morgan fingerprint density at radius 3 is 2.72 bits per heavy atom. The lowest BCUT2D eigenvalue weighted by molar-refractivity contribution is 0.00290. The molecule has 18 heavy (non-hydrogen) atoms. The zero-order chi connectivity index (χ0) is 14.0. The standard InChI is InChI=1S/C6H9N3.C4H9FO3S/c1-2-3-6-8-4-5(7)9-6;1-2-3-4-9(6,7)8-5/h2,4H,1,3,7H2,(H,8,9);2-4H2,1H3. The van der Waals surface area contributed by atoms with Crippen molar-refractivity contribution < 1.29 is 17.3 Å². The molecule has 6 nitrogen and oxygen atoms in total. The van der Waals surface area contributed by atoms with Gasteiger partial charge in [-0.15, -0.1) is 6.58 Å². The molecular formula is C10H18FN3O3S. The molecule has 0 atom stereocenters. The monoisotopic (exact) mass is 279 g/mol. The highest BCUT2D eigenvalue weighted by molar-refractivity contribution is 7.86. The summed E-state index contributed by atoms with van der Waals surface area (Å²) in [7, 11) is -3.85. The topological polar surface area (TPSA) is 98.1 Å². The molecule has 104 valence electrons. The molecule has 8 heteroatoms. The van der Waals surface area contributed by atoms with E-state index in [0.29, 0.717) is 18.7 Å². The smallest absolute Gasteiger partial charge is 0.297 e. The molecule has 1 rings (SSSR count). The average molecular weight is 279 g/mol. The maximum atomic E-state index is 11.0. The second kappa shape index (κ2) is 8.65. The number of rotatable bonds is 6. The van der Waals surface area contributed by atoms with Crippen molar-refractivity contribution in [2.24, 2.45) is 0 Å². The van der Waals surface area contributed by atoms with E-state index < -0.39 is 10.1 Å². The molecule has 1 aromatic rings. The molecular weight excluding hydrogens is 261 g/mol. The minimum Gasteiger partial charge on any atom is -0.384 e. The predicted octanol–water partition coefficient (Wildman–Crippen LogP) is 1.74. The highest BCUT2D eigenvalue weighted by Crippen LogP contribution is 1.98. The van der Waals surface area contributed by atoms with Gasteiger partial charge in [0.15, 0.2) is 0 Å². The molecule has 0 saturated heterocycles. The molecule has 0 amide bonds. The fraction of sp³-hybridized carbons (Fsp3) is 0.500. The zero-order valence-electron chi connectivity index (χ0n) is 10.2. The van der Waals surface area contributed by atoms with Crippen LogP contribution in [0.25, 0.3) is 0 Å². The maximum absolute atomic E-state index is 11.0. The number of allylic oxidation sites excluding steroid dienone is 1. The van der Waals surface area contributed by atoms with Gasteiger partial charge in [-0.3, -0.25) is 0 Å². The highest BCUT2D eigenvalue weighted by atomic mass is 32.2. The molecule has 0 fully saturated rings. The van der Waals surface area contributed by atoms with E-state index in [-0.39, 0.29) is 5.75 Å². The van der Waals surface area contributed by atoms with Crippen LogP contribution in [-0.4, -0.2) is 24.1 Å². The number of imidazole rings is 1. The Balaban J connectivity index is 0.000000321. The average Bonchev–Trinajstić information content (AvgIpc) is 2.74. The van der Waals surface area contributed by atoms with Gasteiger partial charge in [0.2, 0.25) is 0 Å². The van der Waals surface area contributed by atoms with Crippen molar-refractivity contribution in [1.29, 1.82) is 0 Å². The van der Waals surface area contributed by atoms with Crippen LogP contribution >= 0.6 is 0 Å². The first-order valence-corrected chi connectivity index (χ1v) is 6.96. The first-order valence-electron chi connectivity index (χ1n) is 5.38. The predicted molar refractivity (Wildman–Crippen MR) is 67.8 cm³/mol. The van der Waals surface area contributed by atoms with E-state index in [9.17, 15) is 12.9 Å². The minimum absolute atomic E-state index is 0.236. The van der Waals surface area contributed by atoms with Crippen molar-refractivity contribution in [2.45, 2.75) is 26.2 Å². The second-order valence-corrected chi connectivity index (χ2v) is 5.11. The van der Waals surface area contributed by atoms with Gasteiger partial charge < -0.3 is 10.7 Å². The van der Waals surface area contributed by atoms with Crippen molar-refractivity contribution in [2.75, 3.05) is 11.5 Å². The van der Waals surface area contributed by atoms with Gasteiger partial charge in [-0.05, 0) is 10.9 Å². The van der Waals surface area contributed by atoms with Crippen molar-refractivity contribution in [1.82, 2.24) is 9.97 Å². The van der Waals surface area contributed by atoms with Crippen molar-refractivity contribution >= 4 is 15.9 Å². The summed E-state index contributed by atoms with van der Waals surface area (Å²) in [5.74, 6) is 1.23. The van der Waals surface area contributed by atoms with E-state index in [2.05, 4.69) is 20.9 Å². The van der Waals surface area contributed by atoms with Crippen molar-refractivity contribution in [3.8, 4) is 0 Å².